The Morgan fingerprint density at radius 1 is 0.692 bits per heavy atom. The normalized spacial score (nSPS) is 13.8. The van der Waals surface area contributed by atoms with E-state index in [-0.39, 0.29) is 12.4 Å². The lowest BCUT2D eigenvalue weighted by Crippen LogP contribution is -2.43. The summed E-state index contributed by atoms with van der Waals surface area (Å²) in [5.74, 6) is -1.07. The van der Waals surface area contributed by atoms with Gasteiger partial charge in [-0.05, 0) is 48.0 Å². The van der Waals surface area contributed by atoms with Crippen molar-refractivity contribution >= 4 is 0 Å². The van der Waals surface area contributed by atoms with Crippen LogP contribution >= 0.6 is 0 Å². The highest BCUT2D eigenvalue weighted by Gasteiger charge is 2.35. The predicted octanol–water partition coefficient (Wildman–Crippen LogP) is 4.28. The second-order valence-corrected chi connectivity index (χ2v) is 5.53. The highest BCUT2D eigenvalue weighted by molar-refractivity contribution is 4.91. The summed E-state index contributed by atoms with van der Waals surface area (Å²) in [6.07, 6.45) is 5.97. The number of hydrogen-bond acceptors (Lipinski definition) is 6. The second-order valence-electron chi connectivity index (χ2n) is 5.53. The minimum atomic E-state index is -1.07. The number of hydrogen-bond donors (Lipinski definition) is 0. The van der Waals surface area contributed by atoms with Crippen LogP contribution in [0.5, 0.6) is 0 Å². The molecular formula is C20H40O6. The lowest BCUT2D eigenvalue weighted by molar-refractivity contribution is -0.384. The van der Waals surface area contributed by atoms with Gasteiger partial charge in [0, 0.05) is 46.1 Å². The first-order chi connectivity index (χ1) is 12.6. The van der Waals surface area contributed by atoms with Gasteiger partial charge in [0.05, 0.1) is 12.5 Å². The first-order valence-electron chi connectivity index (χ1n) is 10.0. The molecule has 0 radical (unpaired) electrons. The fourth-order valence-corrected chi connectivity index (χ4v) is 2.67. The Bertz CT molecular complexity index is 311. The van der Waals surface area contributed by atoms with Crippen LogP contribution in [0.2, 0.25) is 0 Å². The summed E-state index contributed by atoms with van der Waals surface area (Å²) in [5.41, 5.74) is 0. The molecular weight excluding hydrogens is 336 g/mol. The molecule has 26 heavy (non-hydrogen) atoms. The fraction of sp³-hybridized carbons (Fsp3) is 0.900. The van der Waals surface area contributed by atoms with Gasteiger partial charge in [-0.2, -0.15) is 0 Å². The molecule has 0 rings (SSSR count). The Morgan fingerprint density at radius 2 is 1.19 bits per heavy atom. The predicted molar refractivity (Wildman–Crippen MR) is 103 cm³/mol. The Kier molecular flexibility index (Phi) is 16.3. The molecule has 0 saturated heterocycles. The van der Waals surface area contributed by atoms with Gasteiger partial charge in [-0.3, -0.25) is 0 Å². The number of rotatable bonds is 18. The molecule has 0 spiro atoms. The first-order valence-corrected chi connectivity index (χ1v) is 10.0. The first kappa shape index (κ1) is 25.5. The van der Waals surface area contributed by atoms with Crippen LogP contribution in [0.25, 0.3) is 0 Å². The standard InChI is InChI=1S/C20H40O6/c1-7-21-18(15-13-14-16-19(22-8-2)23-9-3)17-20(24-10-4,25-11-5)26-12-6/h13,15,18-19H,7-12,14,16-17H2,1-6H3. The van der Waals surface area contributed by atoms with Crippen LogP contribution in [-0.2, 0) is 28.4 Å². The Morgan fingerprint density at radius 3 is 1.62 bits per heavy atom. The van der Waals surface area contributed by atoms with Gasteiger partial charge in [0.25, 0.3) is 5.97 Å². The van der Waals surface area contributed by atoms with Gasteiger partial charge in [0.15, 0.2) is 6.29 Å². The average molecular weight is 377 g/mol. The average Bonchev–Trinajstić information content (AvgIpc) is 2.60. The second kappa shape index (κ2) is 16.7. The van der Waals surface area contributed by atoms with Crippen molar-refractivity contribution in [3.05, 3.63) is 12.2 Å². The van der Waals surface area contributed by atoms with Gasteiger partial charge in [-0.1, -0.05) is 12.2 Å². The van der Waals surface area contributed by atoms with Gasteiger partial charge in [0.2, 0.25) is 0 Å². The van der Waals surface area contributed by atoms with Crippen LogP contribution in [-0.4, -0.2) is 58.0 Å². The van der Waals surface area contributed by atoms with E-state index in [0.717, 1.165) is 12.8 Å². The molecule has 0 N–H and O–H groups in total. The summed E-state index contributed by atoms with van der Waals surface area (Å²) in [7, 11) is 0. The van der Waals surface area contributed by atoms with Crippen LogP contribution < -0.4 is 0 Å². The summed E-state index contributed by atoms with van der Waals surface area (Å²) in [4.78, 5) is 0. The van der Waals surface area contributed by atoms with E-state index in [1.807, 2.05) is 47.6 Å². The molecule has 6 heteroatoms. The largest absolute Gasteiger partial charge is 0.374 e. The lowest BCUT2D eigenvalue weighted by atomic mass is 10.1. The van der Waals surface area contributed by atoms with Gasteiger partial charge in [-0.15, -0.1) is 0 Å². The summed E-state index contributed by atoms with van der Waals surface area (Å²) in [6, 6.07) is 0. The minimum absolute atomic E-state index is 0.151. The summed E-state index contributed by atoms with van der Waals surface area (Å²) >= 11 is 0. The molecule has 0 aliphatic rings. The summed E-state index contributed by atoms with van der Waals surface area (Å²) in [5, 5.41) is 0. The summed E-state index contributed by atoms with van der Waals surface area (Å²) in [6.45, 7) is 15.1. The van der Waals surface area contributed by atoms with Crippen LogP contribution in [0, 0.1) is 0 Å². The van der Waals surface area contributed by atoms with Gasteiger partial charge in [-0.25, -0.2) is 0 Å². The third kappa shape index (κ3) is 11.3. The minimum Gasteiger partial charge on any atom is -0.374 e. The van der Waals surface area contributed by atoms with Crippen LogP contribution in [0.1, 0.15) is 60.8 Å². The van der Waals surface area contributed by atoms with Gasteiger partial charge < -0.3 is 28.4 Å². The maximum atomic E-state index is 5.85. The van der Waals surface area contributed by atoms with Crippen molar-refractivity contribution in [2.75, 3.05) is 39.6 Å². The van der Waals surface area contributed by atoms with E-state index in [1.54, 1.807) is 0 Å². The van der Waals surface area contributed by atoms with E-state index in [9.17, 15) is 0 Å². The van der Waals surface area contributed by atoms with Crippen molar-refractivity contribution in [1.29, 1.82) is 0 Å². The fourth-order valence-electron chi connectivity index (χ4n) is 2.67. The molecule has 156 valence electrons. The third-order valence-electron chi connectivity index (χ3n) is 3.55. The molecule has 0 aromatic rings. The number of ether oxygens (including phenoxy) is 6. The van der Waals surface area contributed by atoms with Crippen molar-refractivity contribution in [2.24, 2.45) is 0 Å². The molecule has 0 aliphatic heterocycles. The van der Waals surface area contributed by atoms with E-state index in [4.69, 9.17) is 28.4 Å². The molecule has 0 fully saturated rings. The molecule has 0 heterocycles. The Hall–Kier alpha value is -0.500. The topological polar surface area (TPSA) is 55.4 Å². The van der Waals surface area contributed by atoms with E-state index < -0.39 is 5.97 Å². The van der Waals surface area contributed by atoms with Crippen molar-refractivity contribution in [3.8, 4) is 0 Å². The maximum absolute atomic E-state index is 5.85. The molecule has 0 aromatic carbocycles. The highest BCUT2D eigenvalue weighted by atomic mass is 16.9. The Labute approximate surface area is 160 Å². The van der Waals surface area contributed by atoms with Crippen molar-refractivity contribution in [3.63, 3.8) is 0 Å². The lowest BCUT2D eigenvalue weighted by Gasteiger charge is -2.34. The van der Waals surface area contributed by atoms with E-state index >= 15 is 0 Å². The highest BCUT2D eigenvalue weighted by Crippen LogP contribution is 2.24. The molecule has 0 saturated carbocycles. The monoisotopic (exact) mass is 376 g/mol. The van der Waals surface area contributed by atoms with Gasteiger partial charge in [0.1, 0.15) is 0 Å². The quantitative estimate of drug-likeness (QED) is 0.263. The van der Waals surface area contributed by atoms with Crippen LogP contribution in [0.3, 0.4) is 0 Å². The smallest absolute Gasteiger partial charge is 0.285 e. The zero-order valence-electron chi connectivity index (χ0n) is 17.6. The van der Waals surface area contributed by atoms with Gasteiger partial charge >= 0.3 is 0 Å². The van der Waals surface area contributed by atoms with Crippen LogP contribution in [0.15, 0.2) is 12.2 Å². The zero-order valence-corrected chi connectivity index (χ0v) is 17.6. The van der Waals surface area contributed by atoms with Crippen molar-refractivity contribution in [1.82, 2.24) is 0 Å². The Balaban J connectivity index is 4.80. The molecule has 0 amide bonds. The van der Waals surface area contributed by atoms with E-state index in [1.165, 1.54) is 0 Å². The van der Waals surface area contributed by atoms with Crippen LogP contribution in [0.4, 0.5) is 0 Å². The number of allylic oxidation sites excluding steroid dienone is 1. The van der Waals surface area contributed by atoms with Crippen molar-refractivity contribution in [2.45, 2.75) is 79.2 Å². The van der Waals surface area contributed by atoms with Crippen molar-refractivity contribution < 1.29 is 28.4 Å². The van der Waals surface area contributed by atoms with E-state index in [2.05, 4.69) is 6.08 Å². The molecule has 0 aliphatic carbocycles. The third-order valence-corrected chi connectivity index (χ3v) is 3.55. The molecule has 6 nitrogen and oxygen atoms in total. The molecule has 1 atom stereocenters. The maximum Gasteiger partial charge on any atom is 0.285 e. The molecule has 0 bridgehead atoms. The summed E-state index contributed by atoms with van der Waals surface area (Å²) < 4.78 is 34.4. The molecule has 1 unspecified atom stereocenters. The van der Waals surface area contributed by atoms with E-state index in [0.29, 0.717) is 46.1 Å². The SMILES string of the molecule is CCOC(C=CCCC(OCC)OCC)CC(OCC)(OCC)OCC. The zero-order chi connectivity index (χ0) is 19.7. The molecule has 0 aromatic heterocycles.